The molecule has 6 nitrogen and oxygen atoms in total. The fourth-order valence-corrected chi connectivity index (χ4v) is 3.79. The van der Waals surface area contributed by atoms with Crippen molar-refractivity contribution in [1.82, 2.24) is 15.1 Å². The predicted molar refractivity (Wildman–Crippen MR) is 97.8 cm³/mol. The third-order valence-electron chi connectivity index (χ3n) is 5.19. The Labute approximate surface area is 154 Å². The van der Waals surface area contributed by atoms with Crippen molar-refractivity contribution in [3.63, 3.8) is 0 Å². The number of fused-ring (bicyclic) bond motifs is 1. The molecule has 1 atom stereocenters. The van der Waals surface area contributed by atoms with Crippen molar-refractivity contribution in [3.05, 3.63) is 23.8 Å². The summed E-state index contributed by atoms with van der Waals surface area (Å²) in [6, 6.07) is 5.45. The van der Waals surface area contributed by atoms with Crippen molar-refractivity contribution in [3.8, 4) is 11.5 Å². The molecule has 2 saturated heterocycles. The molecular formula is C18H26ClN3O3. The Morgan fingerprint density at radius 3 is 2.72 bits per heavy atom. The molecule has 2 fully saturated rings. The van der Waals surface area contributed by atoms with E-state index < -0.39 is 0 Å². The number of halogens is 1. The van der Waals surface area contributed by atoms with Gasteiger partial charge < -0.3 is 19.7 Å². The quantitative estimate of drug-likeness (QED) is 0.879. The van der Waals surface area contributed by atoms with Crippen molar-refractivity contribution < 1.29 is 14.3 Å². The van der Waals surface area contributed by atoms with E-state index in [4.69, 9.17) is 9.47 Å². The number of nitrogens with one attached hydrogen (secondary N) is 1. The average molecular weight is 368 g/mol. The van der Waals surface area contributed by atoms with Gasteiger partial charge in [0.15, 0.2) is 11.5 Å². The van der Waals surface area contributed by atoms with Crippen molar-refractivity contribution in [2.45, 2.75) is 12.8 Å². The largest absolute Gasteiger partial charge is 0.454 e. The molecule has 25 heavy (non-hydrogen) atoms. The number of nitrogens with zero attached hydrogens (tertiary/aromatic N) is 2. The lowest BCUT2D eigenvalue weighted by Crippen LogP contribution is -2.50. The third kappa shape index (κ3) is 4.19. The highest BCUT2D eigenvalue weighted by atomic mass is 35.5. The van der Waals surface area contributed by atoms with Gasteiger partial charge >= 0.3 is 0 Å². The van der Waals surface area contributed by atoms with Crippen molar-refractivity contribution >= 4 is 18.3 Å². The van der Waals surface area contributed by atoms with E-state index in [1.165, 1.54) is 12.8 Å². The first kappa shape index (κ1) is 18.3. The second-order valence-corrected chi connectivity index (χ2v) is 6.87. The molecule has 1 aromatic rings. The Morgan fingerprint density at radius 1 is 1.16 bits per heavy atom. The highest BCUT2D eigenvalue weighted by Gasteiger charge is 2.25. The molecule has 1 amide bonds. The molecule has 138 valence electrons. The van der Waals surface area contributed by atoms with Crippen LogP contribution in [-0.4, -0.2) is 68.3 Å². The number of ether oxygens (including phenoxy) is 2. The Bertz CT molecular complexity index is 599. The van der Waals surface area contributed by atoms with Crippen LogP contribution in [0.3, 0.4) is 0 Å². The molecule has 0 aliphatic carbocycles. The topological polar surface area (TPSA) is 54.0 Å². The van der Waals surface area contributed by atoms with Gasteiger partial charge in [0, 0.05) is 38.3 Å². The van der Waals surface area contributed by atoms with Gasteiger partial charge in [-0.3, -0.25) is 9.69 Å². The fourth-order valence-electron chi connectivity index (χ4n) is 3.79. The molecule has 0 aromatic heterocycles. The molecule has 7 heteroatoms. The summed E-state index contributed by atoms with van der Waals surface area (Å²) in [5, 5.41) is 3.48. The SMILES string of the molecule is Cl.O=C(c1ccc2c(c1)OCO2)N1CCN(CC2CCCNC2)CC1. The van der Waals surface area contributed by atoms with Crippen LogP contribution in [-0.2, 0) is 0 Å². The van der Waals surface area contributed by atoms with Crippen LogP contribution in [0.4, 0.5) is 0 Å². The van der Waals surface area contributed by atoms with E-state index in [0.29, 0.717) is 11.3 Å². The number of rotatable bonds is 3. The minimum absolute atomic E-state index is 0. The van der Waals surface area contributed by atoms with E-state index in [9.17, 15) is 4.79 Å². The number of hydrogen-bond donors (Lipinski definition) is 1. The number of hydrogen-bond acceptors (Lipinski definition) is 5. The predicted octanol–water partition coefficient (Wildman–Crippen LogP) is 1.59. The summed E-state index contributed by atoms with van der Waals surface area (Å²) in [6.07, 6.45) is 2.61. The molecule has 1 aromatic carbocycles. The Balaban J connectivity index is 0.00000182. The van der Waals surface area contributed by atoms with Gasteiger partial charge in [-0.05, 0) is 50.0 Å². The lowest BCUT2D eigenvalue weighted by molar-refractivity contribution is 0.0609. The van der Waals surface area contributed by atoms with Crippen molar-refractivity contribution in [2.24, 2.45) is 5.92 Å². The maximum Gasteiger partial charge on any atom is 0.254 e. The van der Waals surface area contributed by atoms with Gasteiger partial charge in [-0.25, -0.2) is 0 Å². The van der Waals surface area contributed by atoms with Gasteiger partial charge in [0.2, 0.25) is 6.79 Å². The van der Waals surface area contributed by atoms with E-state index in [-0.39, 0.29) is 25.1 Å². The van der Waals surface area contributed by atoms with Crippen molar-refractivity contribution in [2.75, 3.05) is 52.6 Å². The average Bonchev–Trinajstić information content (AvgIpc) is 3.10. The van der Waals surface area contributed by atoms with E-state index in [1.54, 1.807) is 6.07 Å². The molecule has 0 saturated carbocycles. The minimum atomic E-state index is 0. The zero-order chi connectivity index (χ0) is 16.4. The van der Waals surface area contributed by atoms with Crippen LogP contribution in [0.15, 0.2) is 18.2 Å². The van der Waals surface area contributed by atoms with Crippen LogP contribution in [0.25, 0.3) is 0 Å². The van der Waals surface area contributed by atoms with Gasteiger partial charge in [0.05, 0.1) is 0 Å². The van der Waals surface area contributed by atoms with Crippen LogP contribution >= 0.6 is 12.4 Å². The first-order chi connectivity index (χ1) is 11.8. The van der Waals surface area contributed by atoms with Gasteiger partial charge in [0.25, 0.3) is 5.91 Å². The molecule has 4 rings (SSSR count). The lowest BCUT2D eigenvalue weighted by atomic mass is 9.99. The highest BCUT2D eigenvalue weighted by Crippen LogP contribution is 2.32. The summed E-state index contributed by atoms with van der Waals surface area (Å²) in [5.41, 5.74) is 0.684. The Morgan fingerprint density at radius 2 is 1.96 bits per heavy atom. The van der Waals surface area contributed by atoms with Crippen molar-refractivity contribution in [1.29, 1.82) is 0 Å². The maximum absolute atomic E-state index is 12.7. The molecule has 1 unspecified atom stereocenters. The smallest absolute Gasteiger partial charge is 0.254 e. The Kier molecular flexibility index (Phi) is 6.04. The molecule has 0 spiro atoms. The molecule has 0 bridgehead atoms. The standard InChI is InChI=1S/C18H25N3O3.ClH/c22-18(15-3-4-16-17(10-15)24-13-23-16)21-8-6-20(7-9-21)12-14-2-1-5-19-11-14;/h3-4,10,14,19H,1-2,5-9,11-13H2;1H. The number of piperidine rings is 1. The third-order valence-corrected chi connectivity index (χ3v) is 5.19. The zero-order valence-electron chi connectivity index (χ0n) is 14.4. The number of carbonyl (C=O) groups is 1. The molecular weight excluding hydrogens is 342 g/mol. The summed E-state index contributed by atoms with van der Waals surface area (Å²) < 4.78 is 10.7. The van der Waals surface area contributed by atoms with Crippen LogP contribution in [0.5, 0.6) is 11.5 Å². The van der Waals surface area contributed by atoms with Gasteiger partial charge in [0.1, 0.15) is 0 Å². The van der Waals surface area contributed by atoms with Crippen LogP contribution < -0.4 is 14.8 Å². The molecule has 3 aliphatic heterocycles. The molecule has 3 aliphatic rings. The van der Waals surface area contributed by atoms with Gasteiger partial charge in [-0.1, -0.05) is 0 Å². The number of benzene rings is 1. The van der Waals surface area contributed by atoms with E-state index >= 15 is 0 Å². The van der Waals surface area contributed by atoms with E-state index in [2.05, 4.69) is 10.2 Å². The zero-order valence-corrected chi connectivity index (χ0v) is 15.2. The monoisotopic (exact) mass is 367 g/mol. The number of piperazine rings is 1. The van der Waals surface area contributed by atoms with Gasteiger partial charge in [-0.15, -0.1) is 12.4 Å². The molecule has 3 heterocycles. The normalized spacial score (nSPS) is 23.2. The van der Waals surface area contributed by atoms with Crippen LogP contribution in [0, 0.1) is 5.92 Å². The second kappa shape index (κ2) is 8.25. The summed E-state index contributed by atoms with van der Waals surface area (Å²) in [7, 11) is 0. The number of amides is 1. The summed E-state index contributed by atoms with van der Waals surface area (Å²) in [6.45, 7) is 7.21. The fraction of sp³-hybridized carbons (Fsp3) is 0.611. The highest BCUT2D eigenvalue weighted by molar-refractivity contribution is 5.95. The summed E-state index contributed by atoms with van der Waals surface area (Å²) in [5.74, 6) is 2.24. The molecule has 1 N–H and O–H groups in total. The Hall–Kier alpha value is -1.50. The van der Waals surface area contributed by atoms with E-state index in [1.807, 2.05) is 17.0 Å². The first-order valence-electron chi connectivity index (χ1n) is 8.91. The van der Waals surface area contributed by atoms with Crippen LogP contribution in [0.1, 0.15) is 23.2 Å². The maximum atomic E-state index is 12.7. The lowest BCUT2D eigenvalue weighted by Gasteiger charge is -2.37. The minimum Gasteiger partial charge on any atom is -0.454 e. The summed E-state index contributed by atoms with van der Waals surface area (Å²) >= 11 is 0. The summed E-state index contributed by atoms with van der Waals surface area (Å²) in [4.78, 5) is 17.1. The second-order valence-electron chi connectivity index (χ2n) is 6.87. The number of carbonyl (C=O) groups excluding carboxylic acids is 1. The van der Waals surface area contributed by atoms with Crippen LogP contribution in [0.2, 0.25) is 0 Å². The van der Waals surface area contributed by atoms with Gasteiger partial charge in [-0.2, -0.15) is 0 Å². The van der Waals surface area contributed by atoms with E-state index in [0.717, 1.165) is 57.5 Å². The first-order valence-corrected chi connectivity index (χ1v) is 8.91. The molecule has 0 radical (unpaired) electrons.